The van der Waals surface area contributed by atoms with Crippen molar-refractivity contribution in [2.45, 2.75) is 26.8 Å². The number of hydrogen-bond acceptors (Lipinski definition) is 4. The zero-order chi connectivity index (χ0) is 19.1. The van der Waals surface area contributed by atoms with Gasteiger partial charge in [0.15, 0.2) is 6.61 Å². The van der Waals surface area contributed by atoms with Crippen molar-refractivity contribution in [2.24, 2.45) is 5.92 Å². The zero-order valence-electron chi connectivity index (χ0n) is 15.6. The van der Waals surface area contributed by atoms with E-state index in [1.54, 1.807) is 13.2 Å². The predicted octanol–water partition coefficient (Wildman–Crippen LogP) is 3.57. The molecule has 0 heterocycles. The molecule has 0 saturated carbocycles. The van der Waals surface area contributed by atoms with Gasteiger partial charge in [0.05, 0.1) is 7.11 Å². The normalized spacial score (nSPS) is 12.3. The molecule has 5 heteroatoms. The Morgan fingerprint density at radius 2 is 1.77 bits per heavy atom. The van der Waals surface area contributed by atoms with Crippen molar-refractivity contribution < 1.29 is 19.1 Å². The standard InChI is InChI=1S/C21H25NO4/c1-14(2)15(3)22-20(23)13-26-21(24)10-6-16-5-7-18-12-19(25-4)9-8-17(18)11-16/h5-12,14-15H,13H2,1-4H3,(H,22,23)/b10-6+/t15-/m0/s1. The quantitative estimate of drug-likeness (QED) is 0.609. The molecule has 2 aromatic carbocycles. The van der Waals surface area contributed by atoms with E-state index in [1.165, 1.54) is 6.08 Å². The molecule has 1 N–H and O–H groups in total. The van der Waals surface area contributed by atoms with Gasteiger partial charge < -0.3 is 14.8 Å². The topological polar surface area (TPSA) is 64.6 Å². The third-order valence-electron chi connectivity index (χ3n) is 4.22. The lowest BCUT2D eigenvalue weighted by molar-refractivity contribution is -0.144. The number of ether oxygens (including phenoxy) is 2. The molecule has 1 atom stereocenters. The third kappa shape index (κ3) is 5.62. The number of amides is 1. The molecule has 0 bridgehead atoms. The van der Waals surface area contributed by atoms with Crippen molar-refractivity contribution >= 4 is 28.7 Å². The van der Waals surface area contributed by atoms with Crippen LogP contribution in [0.4, 0.5) is 0 Å². The van der Waals surface area contributed by atoms with E-state index >= 15 is 0 Å². The number of carbonyl (C=O) groups is 2. The number of hydrogen-bond donors (Lipinski definition) is 1. The Balaban J connectivity index is 1.91. The molecule has 0 aliphatic rings. The molecule has 0 aromatic heterocycles. The molecule has 0 fully saturated rings. The highest BCUT2D eigenvalue weighted by molar-refractivity contribution is 5.91. The molecule has 26 heavy (non-hydrogen) atoms. The van der Waals surface area contributed by atoms with E-state index in [2.05, 4.69) is 5.32 Å². The maximum absolute atomic E-state index is 11.8. The first-order valence-electron chi connectivity index (χ1n) is 8.61. The molecule has 0 saturated heterocycles. The molecule has 2 aromatic rings. The van der Waals surface area contributed by atoms with Crippen LogP contribution < -0.4 is 10.1 Å². The number of carbonyl (C=O) groups excluding carboxylic acids is 2. The second kappa shape index (κ2) is 9.04. The fourth-order valence-corrected chi connectivity index (χ4v) is 2.28. The van der Waals surface area contributed by atoms with Gasteiger partial charge in [-0.3, -0.25) is 4.79 Å². The first-order chi connectivity index (χ1) is 12.4. The van der Waals surface area contributed by atoms with Crippen LogP contribution in [0.25, 0.3) is 16.8 Å². The smallest absolute Gasteiger partial charge is 0.331 e. The Labute approximate surface area is 154 Å². The summed E-state index contributed by atoms with van der Waals surface area (Å²) in [5, 5.41) is 4.89. The van der Waals surface area contributed by atoms with Crippen LogP contribution in [0.1, 0.15) is 26.3 Å². The predicted molar refractivity (Wildman–Crippen MR) is 103 cm³/mol. The number of esters is 1. The van der Waals surface area contributed by atoms with Crippen molar-refractivity contribution in [3.05, 3.63) is 48.0 Å². The summed E-state index contributed by atoms with van der Waals surface area (Å²) < 4.78 is 10.2. The van der Waals surface area contributed by atoms with Gasteiger partial charge in [0.25, 0.3) is 5.91 Å². The first-order valence-corrected chi connectivity index (χ1v) is 8.61. The first kappa shape index (κ1) is 19.5. The maximum atomic E-state index is 11.8. The fourth-order valence-electron chi connectivity index (χ4n) is 2.28. The second-order valence-electron chi connectivity index (χ2n) is 6.51. The minimum atomic E-state index is -0.549. The Kier molecular flexibility index (Phi) is 6.78. The van der Waals surface area contributed by atoms with Crippen LogP contribution in [0.5, 0.6) is 5.75 Å². The third-order valence-corrected chi connectivity index (χ3v) is 4.22. The van der Waals surface area contributed by atoms with Crippen LogP contribution >= 0.6 is 0 Å². The molecule has 138 valence electrons. The van der Waals surface area contributed by atoms with Crippen molar-refractivity contribution in [3.8, 4) is 5.75 Å². The summed E-state index contributed by atoms with van der Waals surface area (Å²) in [6.45, 7) is 5.66. The Bertz CT molecular complexity index is 811. The van der Waals surface area contributed by atoms with Gasteiger partial charge in [-0.15, -0.1) is 0 Å². The summed E-state index contributed by atoms with van der Waals surface area (Å²) in [7, 11) is 1.63. The molecule has 2 rings (SSSR count). The van der Waals surface area contributed by atoms with Crippen LogP contribution in [0.3, 0.4) is 0 Å². The van der Waals surface area contributed by atoms with Gasteiger partial charge in [0.1, 0.15) is 5.75 Å². The van der Waals surface area contributed by atoms with E-state index in [9.17, 15) is 9.59 Å². The minimum Gasteiger partial charge on any atom is -0.497 e. The van der Waals surface area contributed by atoms with E-state index < -0.39 is 5.97 Å². The molecule has 5 nitrogen and oxygen atoms in total. The Hall–Kier alpha value is -2.82. The van der Waals surface area contributed by atoms with E-state index in [-0.39, 0.29) is 18.6 Å². The minimum absolute atomic E-state index is 0.0352. The fraction of sp³-hybridized carbons (Fsp3) is 0.333. The van der Waals surface area contributed by atoms with Crippen LogP contribution in [0, 0.1) is 5.92 Å². The number of benzene rings is 2. The molecule has 0 spiro atoms. The van der Waals surface area contributed by atoms with Crippen molar-refractivity contribution in [2.75, 3.05) is 13.7 Å². The van der Waals surface area contributed by atoms with E-state index in [0.717, 1.165) is 22.1 Å². The average molecular weight is 355 g/mol. The van der Waals surface area contributed by atoms with Gasteiger partial charge in [-0.25, -0.2) is 4.79 Å². The number of nitrogens with one attached hydrogen (secondary N) is 1. The van der Waals surface area contributed by atoms with Crippen molar-refractivity contribution in [1.29, 1.82) is 0 Å². The highest BCUT2D eigenvalue weighted by Gasteiger charge is 2.11. The highest BCUT2D eigenvalue weighted by atomic mass is 16.5. The van der Waals surface area contributed by atoms with Gasteiger partial charge in [-0.1, -0.05) is 32.0 Å². The van der Waals surface area contributed by atoms with Gasteiger partial charge in [0, 0.05) is 12.1 Å². The Morgan fingerprint density at radius 3 is 2.46 bits per heavy atom. The summed E-state index contributed by atoms with van der Waals surface area (Å²) in [5.74, 6) is 0.275. The van der Waals surface area contributed by atoms with Gasteiger partial charge in [-0.05, 0) is 53.5 Å². The lowest BCUT2D eigenvalue weighted by Crippen LogP contribution is -2.38. The van der Waals surface area contributed by atoms with Crippen molar-refractivity contribution in [3.63, 3.8) is 0 Å². The molecule has 0 aliphatic carbocycles. The summed E-state index contributed by atoms with van der Waals surface area (Å²) >= 11 is 0. The van der Waals surface area contributed by atoms with Gasteiger partial charge >= 0.3 is 5.97 Å². The van der Waals surface area contributed by atoms with Crippen LogP contribution in [-0.2, 0) is 14.3 Å². The van der Waals surface area contributed by atoms with Crippen LogP contribution in [0.2, 0.25) is 0 Å². The number of rotatable bonds is 7. The largest absolute Gasteiger partial charge is 0.497 e. The Morgan fingerprint density at radius 1 is 1.08 bits per heavy atom. The highest BCUT2D eigenvalue weighted by Crippen LogP contribution is 2.22. The van der Waals surface area contributed by atoms with E-state index in [0.29, 0.717) is 5.92 Å². The van der Waals surface area contributed by atoms with E-state index in [1.807, 2.05) is 57.2 Å². The van der Waals surface area contributed by atoms with Gasteiger partial charge in [-0.2, -0.15) is 0 Å². The van der Waals surface area contributed by atoms with E-state index in [4.69, 9.17) is 9.47 Å². The maximum Gasteiger partial charge on any atom is 0.331 e. The molecule has 1 amide bonds. The van der Waals surface area contributed by atoms with Crippen molar-refractivity contribution in [1.82, 2.24) is 5.32 Å². The lowest BCUT2D eigenvalue weighted by atomic mass is 10.1. The average Bonchev–Trinajstić information content (AvgIpc) is 2.63. The van der Waals surface area contributed by atoms with Crippen LogP contribution in [0.15, 0.2) is 42.5 Å². The summed E-state index contributed by atoms with van der Waals surface area (Å²) in [6, 6.07) is 11.7. The summed E-state index contributed by atoms with van der Waals surface area (Å²) in [6.07, 6.45) is 2.99. The molecule has 0 aliphatic heterocycles. The lowest BCUT2D eigenvalue weighted by Gasteiger charge is -2.16. The zero-order valence-corrected chi connectivity index (χ0v) is 15.6. The number of methoxy groups -OCH3 is 1. The molecule has 0 radical (unpaired) electrons. The number of fused-ring (bicyclic) bond motifs is 1. The molecular weight excluding hydrogens is 330 g/mol. The molecule has 0 unspecified atom stereocenters. The monoisotopic (exact) mass is 355 g/mol. The SMILES string of the molecule is COc1ccc2cc(/C=C/C(=O)OCC(=O)N[C@@H](C)C(C)C)ccc2c1. The van der Waals surface area contributed by atoms with Gasteiger partial charge in [0.2, 0.25) is 0 Å². The second-order valence-corrected chi connectivity index (χ2v) is 6.51. The molecular formula is C21H25NO4. The van der Waals surface area contributed by atoms with Crippen LogP contribution in [-0.4, -0.2) is 31.6 Å². The summed E-state index contributed by atoms with van der Waals surface area (Å²) in [5.41, 5.74) is 0.873. The summed E-state index contributed by atoms with van der Waals surface area (Å²) in [4.78, 5) is 23.5.